The summed E-state index contributed by atoms with van der Waals surface area (Å²) in [5.41, 5.74) is 1.52. The molecule has 1 aromatic carbocycles. The maximum absolute atomic E-state index is 12.2. The minimum Gasteiger partial charge on any atom is -0.496 e. The Kier molecular flexibility index (Phi) is 5.77. The van der Waals surface area contributed by atoms with Crippen molar-refractivity contribution in [2.24, 2.45) is 0 Å². The number of methoxy groups -OCH3 is 1. The van der Waals surface area contributed by atoms with Crippen LogP contribution in [0.4, 0.5) is 0 Å². The summed E-state index contributed by atoms with van der Waals surface area (Å²) in [7, 11) is 1.65. The zero-order valence-corrected chi connectivity index (χ0v) is 13.7. The average molecular weight is 317 g/mol. The second-order valence-corrected chi connectivity index (χ2v) is 5.62. The number of nitrogens with zero attached hydrogens (tertiary/aromatic N) is 2. The molecule has 5 nitrogen and oxygen atoms in total. The number of para-hydroxylation sites is 1. The number of benzene rings is 1. The zero-order valence-electron chi connectivity index (χ0n) is 12.9. The fourth-order valence-corrected chi connectivity index (χ4v) is 2.41. The van der Waals surface area contributed by atoms with E-state index in [4.69, 9.17) is 4.74 Å². The van der Waals surface area contributed by atoms with Crippen LogP contribution in [-0.2, 0) is 6.42 Å². The Hall–Kier alpha value is -2.08. The lowest BCUT2D eigenvalue weighted by Gasteiger charge is -2.15. The summed E-state index contributed by atoms with van der Waals surface area (Å²) in [6.07, 6.45) is 5.68. The van der Waals surface area contributed by atoms with Crippen molar-refractivity contribution in [3.05, 3.63) is 47.8 Å². The normalized spacial score (nSPS) is 11.8. The van der Waals surface area contributed by atoms with Gasteiger partial charge in [-0.25, -0.2) is 9.97 Å². The van der Waals surface area contributed by atoms with Gasteiger partial charge >= 0.3 is 0 Å². The number of rotatable bonds is 6. The molecule has 1 N–H and O–H groups in total. The topological polar surface area (TPSA) is 64.1 Å². The van der Waals surface area contributed by atoms with Crippen LogP contribution in [0.25, 0.3) is 0 Å². The van der Waals surface area contributed by atoms with Gasteiger partial charge in [0.2, 0.25) is 0 Å². The molecule has 0 aliphatic carbocycles. The summed E-state index contributed by atoms with van der Waals surface area (Å²) < 4.78 is 5.33. The molecule has 6 heteroatoms. The van der Waals surface area contributed by atoms with Crippen LogP contribution in [-0.4, -0.2) is 35.3 Å². The predicted molar refractivity (Wildman–Crippen MR) is 87.4 cm³/mol. The predicted octanol–water partition coefficient (Wildman–Crippen LogP) is 2.57. The molecule has 1 atom stereocenters. The standard InChI is InChI=1S/C16H19N3O2S/c1-11(8-12-6-4-5-7-14(12)21-2)19-15(20)13-9-17-16(22-3)18-10-13/h4-7,9-11H,8H2,1-3H3,(H,19,20)/t11-/m1/s1. The van der Waals surface area contributed by atoms with Crippen molar-refractivity contribution in [1.29, 1.82) is 0 Å². The average Bonchev–Trinajstić information content (AvgIpc) is 2.55. The van der Waals surface area contributed by atoms with Crippen LogP contribution in [0.1, 0.15) is 22.8 Å². The summed E-state index contributed by atoms with van der Waals surface area (Å²) in [6.45, 7) is 1.96. The summed E-state index contributed by atoms with van der Waals surface area (Å²) in [4.78, 5) is 20.4. The lowest BCUT2D eigenvalue weighted by atomic mass is 10.1. The zero-order chi connectivity index (χ0) is 15.9. The van der Waals surface area contributed by atoms with E-state index in [9.17, 15) is 4.79 Å². The minimum atomic E-state index is -0.171. The Morgan fingerprint density at radius 3 is 2.64 bits per heavy atom. The molecule has 0 fully saturated rings. The van der Waals surface area contributed by atoms with Gasteiger partial charge in [0.15, 0.2) is 5.16 Å². The maximum Gasteiger partial charge on any atom is 0.254 e. The highest BCUT2D eigenvalue weighted by Gasteiger charge is 2.13. The van der Waals surface area contributed by atoms with Crippen LogP contribution in [0.2, 0.25) is 0 Å². The molecule has 1 heterocycles. The van der Waals surface area contributed by atoms with Gasteiger partial charge in [0.05, 0.1) is 12.7 Å². The number of amides is 1. The number of hydrogen-bond acceptors (Lipinski definition) is 5. The van der Waals surface area contributed by atoms with E-state index in [1.54, 1.807) is 19.5 Å². The summed E-state index contributed by atoms with van der Waals surface area (Å²) in [5.74, 6) is 0.659. The molecule has 22 heavy (non-hydrogen) atoms. The first kappa shape index (κ1) is 16.3. The van der Waals surface area contributed by atoms with E-state index in [-0.39, 0.29) is 11.9 Å². The molecule has 1 aromatic heterocycles. The third kappa shape index (κ3) is 4.21. The number of carbonyl (C=O) groups excluding carboxylic acids is 1. The molecule has 0 aliphatic heterocycles. The Labute approximate surface area is 134 Å². The van der Waals surface area contributed by atoms with E-state index in [0.29, 0.717) is 17.1 Å². The number of ether oxygens (including phenoxy) is 1. The van der Waals surface area contributed by atoms with E-state index in [0.717, 1.165) is 11.3 Å². The van der Waals surface area contributed by atoms with Gasteiger partial charge in [-0.05, 0) is 31.2 Å². The van der Waals surface area contributed by atoms with Gasteiger partial charge in [-0.3, -0.25) is 4.79 Å². The van der Waals surface area contributed by atoms with Crippen molar-refractivity contribution in [3.8, 4) is 5.75 Å². The van der Waals surface area contributed by atoms with Crippen LogP contribution >= 0.6 is 11.8 Å². The van der Waals surface area contributed by atoms with Crippen LogP contribution in [0.5, 0.6) is 5.75 Å². The van der Waals surface area contributed by atoms with Crippen molar-refractivity contribution in [2.75, 3.05) is 13.4 Å². The first-order valence-electron chi connectivity index (χ1n) is 6.93. The summed E-state index contributed by atoms with van der Waals surface area (Å²) in [6, 6.07) is 7.78. The van der Waals surface area contributed by atoms with Crippen molar-refractivity contribution in [2.45, 2.75) is 24.5 Å². The van der Waals surface area contributed by atoms with Gasteiger partial charge in [-0.15, -0.1) is 0 Å². The number of hydrogen-bond donors (Lipinski definition) is 1. The molecule has 0 spiro atoms. The van der Waals surface area contributed by atoms with Gasteiger partial charge in [-0.1, -0.05) is 30.0 Å². The highest BCUT2D eigenvalue weighted by Crippen LogP contribution is 2.19. The smallest absolute Gasteiger partial charge is 0.254 e. The lowest BCUT2D eigenvalue weighted by molar-refractivity contribution is 0.0939. The van der Waals surface area contributed by atoms with Crippen LogP contribution < -0.4 is 10.1 Å². The molecule has 0 bridgehead atoms. The Morgan fingerprint density at radius 1 is 1.32 bits per heavy atom. The second-order valence-electron chi connectivity index (χ2n) is 4.85. The number of thioether (sulfide) groups is 1. The quantitative estimate of drug-likeness (QED) is 0.655. The van der Waals surface area contributed by atoms with E-state index < -0.39 is 0 Å². The second kappa shape index (κ2) is 7.79. The van der Waals surface area contributed by atoms with Gasteiger partial charge < -0.3 is 10.1 Å². The number of nitrogens with one attached hydrogen (secondary N) is 1. The molecular weight excluding hydrogens is 298 g/mol. The van der Waals surface area contributed by atoms with Gasteiger partial charge in [0.1, 0.15) is 5.75 Å². The van der Waals surface area contributed by atoms with Gasteiger partial charge in [0, 0.05) is 18.4 Å². The fourth-order valence-electron chi connectivity index (χ4n) is 2.10. The van der Waals surface area contributed by atoms with Crippen molar-refractivity contribution in [3.63, 3.8) is 0 Å². The van der Waals surface area contributed by atoms with E-state index in [2.05, 4.69) is 15.3 Å². The molecular formula is C16H19N3O2S. The minimum absolute atomic E-state index is 0.0240. The van der Waals surface area contributed by atoms with E-state index in [1.807, 2.05) is 37.4 Å². The largest absolute Gasteiger partial charge is 0.496 e. The Bertz CT molecular complexity index is 632. The third-order valence-electron chi connectivity index (χ3n) is 3.17. The SMILES string of the molecule is COc1ccccc1C[C@@H](C)NC(=O)c1cnc(SC)nc1. The molecule has 0 radical (unpaired) electrons. The lowest BCUT2D eigenvalue weighted by Crippen LogP contribution is -2.34. The van der Waals surface area contributed by atoms with E-state index in [1.165, 1.54) is 11.8 Å². The molecule has 116 valence electrons. The first-order chi connectivity index (χ1) is 10.6. The first-order valence-corrected chi connectivity index (χ1v) is 8.15. The Balaban J connectivity index is 1.98. The van der Waals surface area contributed by atoms with Crippen molar-refractivity contribution >= 4 is 17.7 Å². The maximum atomic E-state index is 12.2. The highest BCUT2D eigenvalue weighted by atomic mass is 32.2. The Morgan fingerprint density at radius 2 is 2.00 bits per heavy atom. The number of carbonyl (C=O) groups is 1. The highest BCUT2D eigenvalue weighted by molar-refractivity contribution is 7.98. The van der Waals surface area contributed by atoms with Gasteiger partial charge in [0.25, 0.3) is 5.91 Å². The molecule has 1 amide bonds. The molecule has 0 saturated heterocycles. The van der Waals surface area contributed by atoms with E-state index >= 15 is 0 Å². The van der Waals surface area contributed by atoms with Crippen LogP contribution in [0.3, 0.4) is 0 Å². The molecule has 2 aromatic rings. The van der Waals surface area contributed by atoms with Crippen LogP contribution in [0.15, 0.2) is 41.8 Å². The molecule has 0 saturated carbocycles. The molecule has 0 unspecified atom stereocenters. The molecule has 0 aliphatic rings. The molecule has 2 rings (SSSR count). The van der Waals surface area contributed by atoms with Crippen molar-refractivity contribution in [1.82, 2.24) is 15.3 Å². The fraction of sp³-hybridized carbons (Fsp3) is 0.312. The summed E-state index contributed by atoms with van der Waals surface area (Å²) >= 11 is 1.44. The summed E-state index contributed by atoms with van der Waals surface area (Å²) in [5, 5.41) is 3.60. The van der Waals surface area contributed by atoms with Crippen LogP contribution in [0, 0.1) is 0 Å². The monoisotopic (exact) mass is 317 g/mol. The van der Waals surface area contributed by atoms with Gasteiger partial charge in [-0.2, -0.15) is 0 Å². The number of aromatic nitrogens is 2. The third-order valence-corrected chi connectivity index (χ3v) is 3.74. The van der Waals surface area contributed by atoms with Crippen molar-refractivity contribution < 1.29 is 9.53 Å².